The van der Waals surface area contributed by atoms with Crippen LogP contribution in [0.4, 0.5) is 11.8 Å². The van der Waals surface area contributed by atoms with Crippen LogP contribution < -0.4 is 10.2 Å². The summed E-state index contributed by atoms with van der Waals surface area (Å²) in [6, 6.07) is 1.97. The maximum atomic E-state index is 8.88. The highest BCUT2D eigenvalue weighted by molar-refractivity contribution is 5.44. The molecule has 17 heavy (non-hydrogen) atoms. The number of aromatic nitrogens is 2. The van der Waals surface area contributed by atoms with Gasteiger partial charge in [0.15, 0.2) is 0 Å². The standard InChI is InChI=1S/C12H22N4O/c1-4-13-12-14-10(3)9-11(15-12)16(5-2)7-6-8-17/h9,17H,4-8H2,1-3H3,(H,13,14,15). The Morgan fingerprint density at radius 3 is 2.71 bits per heavy atom. The Hall–Kier alpha value is -1.36. The van der Waals surface area contributed by atoms with Gasteiger partial charge in [0.2, 0.25) is 5.95 Å². The fourth-order valence-electron chi connectivity index (χ4n) is 1.65. The number of nitrogens with one attached hydrogen (secondary N) is 1. The molecule has 5 heteroatoms. The second-order valence-corrected chi connectivity index (χ2v) is 3.88. The van der Waals surface area contributed by atoms with E-state index in [1.807, 2.05) is 19.9 Å². The molecule has 0 unspecified atom stereocenters. The van der Waals surface area contributed by atoms with Gasteiger partial charge in [-0.25, -0.2) is 4.98 Å². The van der Waals surface area contributed by atoms with Gasteiger partial charge in [0.25, 0.3) is 0 Å². The third-order valence-electron chi connectivity index (χ3n) is 2.47. The Kier molecular flexibility index (Phi) is 5.69. The summed E-state index contributed by atoms with van der Waals surface area (Å²) in [6.07, 6.45) is 0.757. The Bertz CT molecular complexity index is 343. The summed E-state index contributed by atoms with van der Waals surface area (Å²) in [6.45, 7) is 8.78. The molecule has 1 aromatic heterocycles. The van der Waals surface area contributed by atoms with Gasteiger partial charge in [0, 0.05) is 38.0 Å². The summed E-state index contributed by atoms with van der Waals surface area (Å²) < 4.78 is 0. The molecular weight excluding hydrogens is 216 g/mol. The molecule has 0 spiro atoms. The maximum Gasteiger partial charge on any atom is 0.224 e. The zero-order chi connectivity index (χ0) is 12.7. The smallest absolute Gasteiger partial charge is 0.224 e. The molecule has 5 nitrogen and oxygen atoms in total. The molecule has 0 aliphatic carbocycles. The second kappa shape index (κ2) is 7.06. The largest absolute Gasteiger partial charge is 0.396 e. The van der Waals surface area contributed by atoms with Gasteiger partial charge in [-0.3, -0.25) is 0 Å². The van der Waals surface area contributed by atoms with Gasteiger partial charge in [-0.05, 0) is 27.2 Å². The first-order valence-electron chi connectivity index (χ1n) is 6.16. The van der Waals surface area contributed by atoms with Crippen molar-refractivity contribution < 1.29 is 5.11 Å². The zero-order valence-corrected chi connectivity index (χ0v) is 10.9. The Morgan fingerprint density at radius 1 is 1.35 bits per heavy atom. The number of nitrogens with zero attached hydrogens (tertiary/aromatic N) is 3. The lowest BCUT2D eigenvalue weighted by Gasteiger charge is -2.22. The summed E-state index contributed by atoms with van der Waals surface area (Å²) in [5.74, 6) is 1.59. The number of hydrogen-bond acceptors (Lipinski definition) is 5. The molecule has 1 rings (SSSR count). The zero-order valence-electron chi connectivity index (χ0n) is 10.9. The molecule has 1 aromatic rings. The van der Waals surface area contributed by atoms with E-state index < -0.39 is 0 Å². The Morgan fingerprint density at radius 2 is 2.12 bits per heavy atom. The number of hydrogen-bond donors (Lipinski definition) is 2. The molecule has 0 radical (unpaired) electrons. The molecule has 0 aliphatic rings. The second-order valence-electron chi connectivity index (χ2n) is 3.88. The van der Waals surface area contributed by atoms with Gasteiger partial charge in [-0.15, -0.1) is 0 Å². The predicted octanol–water partition coefficient (Wildman–Crippen LogP) is 1.43. The summed E-state index contributed by atoms with van der Waals surface area (Å²) in [5.41, 5.74) is 0.952. The molecule has 0 aromatic carbocycles. The van der Waals surface area contributed by atoms with E-state index in [1.54, 1.807) is 0 Å². The van der Waals surface area contributed by atoms with Crippen LogP contribution in [0.25, 0.3) is 0 Å². The first-order chi connectivity index (χ1) is 8.21. The lowest BCUT2D eigenvalue weighted by Crippen LogP contribution is -2.26. The Labute approximate surface area is 103 Å². The van der Waals surface area contributed by atoms with Gasteiger partial charge >= 0.3 is 0 Å². The van der Waals surface area contributed by atoms with Crippen LogP contribution in [-0.4, -0.2) is 41.3 Å². The minimum Gasteiger partial charge on any atom is -0.396 e. The number of aryl methyl sites for hydroxylation is 1. The first kappa shape index (κ1) is 13.7. The van der Waals surface area contributed by atoms with Crippen LogP contribution in [0.2, 0.25) is 0 Å². The molecule has 0 atom stereocenters. The average Bonchev–Trinajstić information content (AvgIpc) is 2.30. The average molecular weight is 238 g/mol. The molecule has 0 saturated heterocycles. The van der Waals surface area contributed by atoms with Crippen molar-refractivity contribution in [2.24, 2.45) is 0 Å². The molecule has 96 valence electrons. The van der Waals surface area contributed by atoms with E-state index in [9.17, 15) is 0 Å². The predicted molar refractivity (Wildman–Crippen MR) is 70.5 cm³/mol. The van der Waals surface area contributed by atoms with Crippen molar-refractivity contribution in [3.63, 3.8) is 0 Å². The quantitative estimate of drug-likeness (QED) is 0.752. The molecule has 0 amide bonds. The monoisotopic (exact) mass is 238 g/mol. The minimum atomic E-state index is 0.209. The van der Waals surface area contributed by atoms with Gasteiger partial charge in [0.05, 0.1) is 0 Å². The van der Waals surface area contributed by atoms with Crippen LogP contribution in [-0.2, 0) is 0 Å². The van der Waals surface area contributed by atoms with Gasteiger partial charge in [-0.2, -0.15) is 4.98 Å². The minimum absolute atomic E-state index is 0.209. The van der Waals surface area contributed by atoms with Gasteiger partial charge in [0.1, 0.15) is 5.82 Å². The van der Waals surface area contributed by atoms with E-state index in [-0.39, 0.29) is 6.61 Å². The first-order valence-corrected chi connectivity index (χ1v) is 6.16. The Balaban J connectivity index is 2.85. The van der Waals surface area contributed by atoms with E-state index in [0.717, 1.165) is 37.6 Å². The maximum absolute atomic E-state index is 8.88. The van der Waals surface area contributed by atoms with E-state index in [2.05, 4.69) is 27.1 Å². The van der Waals surface area contributed by atoms with Crippen molar-refractivity contribution in [2.45, 2.75) is 27.2 Å². The van der Waals surface area contributed by atoms with Crippen LogP contribution in [0.15, 0.2) is 6.07 Å². The highest BCUT2D eigenvalue weighted by Crippen LogP contribution is 2.14. The fourth-order valence-corrected chi connectivity index (χ4v) is 1.65. The van der Waals surface area contributed by atoms with Crippen molar-refractivity contribution >= 4 is 11.8 Å². The van der Waals surface area contributed by atoms with Crippen molar-refractivity contribution in [1.29, 1.82) is 0 Å². The topological polar surface area (TPSA) is 61.3 Å². The van der Waals surface area contributed by atoms with Crippen molar-refractivity contribution in [2.75, 3.05) is 36.5 Å². The molecule has 0 fully saturated rings. The van der Waals surface area contributed by atoms with Crippen LogP contribution >= 0.6 is 0 Å². The fraction of sp³-hybridized carbons (Fsp3) is 0.667. The highest BCUT2D eigenvalue weighted by atomic mass is 16.3. The van der Waals surface area contributed by atoms with Gasteiger partial charge in [-0.1, -0.05) is 0 Å². The van der Waals surface area contributed by atoms with Crippen LogP contribution in [0.5, 0.6) is 0 Å². The van der Waals surface area contributed by atoms with Crippen molar-refractivity contribution in [1.82, 2.24) is 9.97 Å². The van der Waals surface area contributed by atoms with Crippen molar-refractivity contribution in [3.8, 4) is 0 Å². The van der Waals surface area contributed by atoms with Crippen LogP contribution in [0, 0.1) is 6.92 Å². The molecule has 2 N–H and O–H groups in total. The lowest BCUT2D eigenvalue weighted by molar-refractivity contribution is 0.289. The third kappa shape index (κ3) is 4.19. The number of aliphatic hydroxyl groups excluding tert-OH is 1. The SMILES string of the molecule is CCNc1nc(C)cc(N(CC)CCCO)n1. The number of anilines is 2. The van der Waals surface area contributed by atoms with E-state index in [1.165, 1.54) is 0 Å². The van der Waals surface area contributed by atoms with E-state index >= 15 is 0 Å². The summed E-state index contributed by atoms with van der Waals surface area (Å²) in [4.78, 5) is 10.9. The summed E-state index contributed by atoms with van der Waals surface area (Å²) in [7, 11) is 0. The third-order valence-corrected chi connectivity index (χ3v) is 2.47. The van der Waals surface area contributed by atoms with Crippen LogP contribution in [0.3, 0.4) is 0 Å². The van der Waals surface area contributed by atoms with Crippen molar-refractivity contribution in [3.05, 3.63) is 11.8 Å². The van der Waals surface area contributed by atoms with E-state index in [4.69, 9.17) is 5.11 Å². The summed E-state index contributed by atoms with van der Waals surface area (Å²) >= 11 is 0. The molecule has 1 heterocycles. The molecular formula is C12H22N4O. The summed E-state index contributed by atoms with van der Waals surface area (Å²) in [5, 5.41) is 12.0. The molecule has 0 saturated carbocycles. The molecule has 0 aliphatic heterocycles. The highest BCUT2D eigenvalue weighted by Gasteiger charge is 2.08. The lowest BCUT2D eigenvalue weighted by atomic mass is 10.3. The molecule has 0 bridgehead atoms. The number of aliphatic hydroxyl groups is 1. The van der Waals surface area contributed by atoms with Gasteiger partial charge < -0.3 is 15.3 Å². The normalized spacial score (nSPS) is 10.4. The number of rotatable bonds is 7. The van der Waals surface area contributed by atoms with E-state index in [0.29, 0.717) is 5.95 Å². The van der Waals surface area contributed by atoms with Crippen LogP contribution in [0.1, 0.15) is 26.0 Å².